The molecule has 2 heterocycles. The molecular formula is C17H12F3N5O. The Labute approximate surface area is 145 Å². The van der Waals surface area contributed by atoms with Gasteiger partial charge < -0.3 is 4.74 Å². The van der Waals surface area contributed by atoms with Gasteiger partial charge in [-0.3, -0.25) is 5.10 Å². The topological polar surface area (TPSA) is 68.6 Å². The molecule has 9 heteroatoms. The lowest BCUT2D eigenvalue weighted by Gasteiger charge is -2.09. The van der Waals surface area contributed by atoms with Crippen LogP contribution >= 0.6 is 0 Å². The minimum atomic E-state index is -4.72. The molecule has 0 aliphatic rings. The van der Waals surface area contributed by atoms with Gasteiger partial charge >= 0.3 is 6.36 Å². The molecule has 0 radical (unpaired) electrons. The Morgan fingerprint density at radius 1 is 1.12 bits per heavy atom. The van der Waals surface area contributed by atoms with Crippen LogP contribution in [0.5, 0.6) is 5.75 Å². The number of fused-ring (bicyclic) bond motifs is 1. The van der Waals surface area contributed by atoms with Crippen molar-refractivity contribution in [1.29, 1.82) is 0 Å². The summed E-state index contributed by atoms with van der Waals surface area (Å²) in [5, 5.41) is 16.0. The Balaban J connectivity index is 1.54. The van der Waals surface area contributed by atoms with Crippen LogP contribution < -0.4 is 4.74 Å². The molecule has 4 aromatic rings. The molecule has 26 heavy (non-hydrogen) atoms. The highest BCUT2D eigenvalue weighted by Gasteiger charge is 2.31. The highest BCUT2D eigenvalue weighted by atomic mass is 19.4. The van der Waals surface area contributed by atoms with Gasteiger partial charge in [-0.25, -0.2) is 4.68 Å². The van der Waals surface area contributed by atoms with Gasteiger partial charge in [0.25, 0.3) is 0 Å². The van der Waals surface area contributed by atoms with Gasteiger partial charge in [-0.15, -0.1) is 18.3 Å². The maximum atomic E-state index is 12.3. The van der Waals surface area contributed by atoms with E-state index in [9.17, 15) is 13.2 Å². The molecule has 0 aliphatic carbocycles. The second-order valence-corrected chi connectivity index (χ2v) is 5.67. The van der Waals surface area contributed by atoms with Crippen molar-refractivity contribution < 1.29 is 17.9 Å². The van der Waals surface area contributed by atoms with Gasteiger partial charge in [0, 0.05) is 10.9 Å². The third kappa shape index (κ3) is 3.51. The Kier molecular flexibility index (Phi) is 3.83. The summed E-state index contributed by atoms with van der Waals surface area (Å²) in [7, 11) is 0. The van der Waals surface area contributed by atoms with E-state index < -0.39 is 6.36 Å². The number of halogens is 3. The first-order chi connectivity index (χ1) is 12.5. The second-order valence-electron chi connectivity index (χ2n) is 5.67. The first kappa shape index (κ1) is 16.1. The van der Waals surface area contributed by atoms with Crippen molar-refractivity contribution in [2.45, 2.75) is 12.9 Å². The number of H-pyrrole nitrogens is 1. The summed E-state index contributed by atoms with van der Waals surface area (Å²) in [5.74, 6) is -0.263. The predicted molar refractivity (Wildman–Crippen MR) is 87.3 cm³/mol. The predicted octanol–water partition coefficient (Wildman–Crippen LogP) is 3.77. The maximum Gasteiger partial charge on any atom is 0.573 e. The average Bonchev–Trinajstić information content (AvgIpc) is 3.21. The highest BCUT2D eigenvalue weighted by molar-refractivity contribution is 5.83. The van der Waals surface area contributed by atoms with Crippen molar-refractivity contribution in [2.75, 3.05) is 0 Å². The number of rotatable bonds is 4. The van der Waals surface area contributed by atoms with Crippen molar-refractivity contribution in [2.24, 2.45) is 0 Å². The number of nitrogens with one attached hydrogen (secondary N) is 1. The van der Waals surface area contributed by atoms with E-state index in [4.69, 9.17) is 0 Å². The zero-order valence-electron chi connectivity index (χ0n) is 13.2. The molecule has 6 nitrogen and oxygen atoms in total. The van der Waals surface area contributed by atoms with E-state index in [-0.39, 0.29) is 12.3 Å². The molecule has 0 amide bonds. The standard InChI is InChI=1S/C17H12F3N5O/c18-17(19,20)26-14-3-1-2-11(6-14)9-25-10-16(23-24-25)12-4-5-15-13(7-12)8-21-22-15/h1-8,10H,9H2,(H,21,22). The van der Waals surface area contributed by atoms with Crippen molar-refractivity contribution in [3.8, 4) is 17.0 Å². The minimum absolute atomic E-state index is 0.263. The maximum absolute atomic E-state index is 12.3. The van der Waals surface area contributed by atoms with Gasteiger partial charge in [0.15, 0.2) is 0 Å². The molecule has 0 fully saturated rings. The summed E-state index contributed by atoms with van der Waals surface area (Å²) in [6.45, 7) is 0.274. The lowest BCUT2D eigenvalue weighted by atomic mass is 10.1. The molecular weight excluding hydrogens is 347 g/mol. The first-order valence-corrected chi connectivity index (χ1v) is 7.65. The van der Waals surface area contributed by atoms with E-state index in [1.807, 2.05) is 18.2 Å². The number of nitrogens with zero attached hydrogens (tertiary/aromatic N) is 4. The first-order valence-electron chi connectivity index (χ1n) is 7.65. The van der Waals surface area contributed by atoms with Crippen LogP contribution in [0.25, 0.3) is 22.2 Å². The molecule has 4 rings (SSSR count). The summed E-state index contributed by atoms with van der Waals surface area (Å²) in [6, 6.07) is 11.5. The van der Waals surface area contributed by atoms with E-state index in [0.29, 0.717) is 11.3 Å². The third-order valence-electron chi connectivity index (χ3n) is 3.75. The highest BCUT2D eigenvalue weighted by Crippen LogP contribution is 2.24. The van der Waals surface area contributed by atoms with E-state index in [2.05, 4.69) is 25.2 Å². The molecule has 1 N–H and O–H groups in total. The van der Waals surface area contributed by atoms with Gasteiger partial charge in [0.05, 0.1) is 24.5 Å². The van der Waals surface area contributed by atoms with E-state index in [1.54, 1.807) is 23.1 Å². The second kappa shape index (κ2) is 6.17. The largest absolute Gasteiger partial charge is 0.573 e. The SMILES string of the molecule is FC(F)(F)Oc1cccc(Cn2cc(-c3ccc4[nH]ncc4c3)nn2)c1. The monoisotopic (exact) mass is 359 g/mol. The van der Waals surface area contributed by atoms with Crippen molar-refractivity contribution >= 4 is 10.9 Å². The van der Waals surface area contributed by atoms with Crippen LogP contribution in [0.4, 0.5) is 13.2 Å². The minimum Gasteiger partial charge on any atom is -0.406 e. The number of alkyl halides is 3. The fourth-order valence-electron chi connectivity index (χ4n) is 2.64. The zero-order valence-corrected chi connectivity index (χ0v) is 13.2. The molecule has 0 saturated heterocycles. The number of hydrogen-bond acceptors (Lipinski definition) is 4. The fraction of sp³-hybridized carbons (Fsp3) is 0.118. The van der Waals surface area contributed by atoms with Gasteiger partial charge in [0.1, 0.15) is 11.4 Å². The average molecular weight is 359 g/mol. The van der Waals surface area contributed by atoms with Crippen LogP contribution in [0.2, 0.25) is 0 Å². The van der Waals surface area contributed by atoms with Gasteiger partial charge in [0.2, 0.25) is 0 Å². The van der Waals surface area contributed by atoms with E-state index in [1.165, 1.54) is 18.2 Å². The lowest BCUT2D eigenvalue weighted by molar-refractivity contribution is -0.274. The molecule has 0 spiro atoms. The van der Waals surface area contributed by atoms with Gasteiger partial charge in [-0.05, 0) is 29.8 Å². The van der Waals surface area contributed by atoms with Gasteiger partial charge in [-0.1, -0.05) is 23.4 Å². The summed E-state index contributed by atoms with van der Waals surface area (Å²) < 4.78 is 42.5. The molecule has 2 aromatic carbocycles. The number of benzene rings is 2. The normalized spacial score (nSPS) is 11.8. The Bertz CT molecular complexity index is 1050. The molecule has 2 aromatic heterocycles. The van der Waals surface area contributed by atoms with E-state index >= 15 is 0 Å². The molecule has 132 valence electrons. The third-order valence-corrected chi connectivity index (χ3v) is 3.75. The zero-order chi connectivity index (χ0) is 18.1. The van der Waals surface area contributed by atoms with E-state index in [0.717, 1.165) is 16.5 Å². The molecule has 0 bridgehead atoms. The summed E-state index contributed by atoms with van der Waals surface area (Å²) >= 11 is 0. The van der Waals surface area contributed by atoms with Crippen molar-refractivity contribution in [3.63, 3.8) is 0 Å². The van der Waals surface area contributed by atoms with Crippen LogP contribution in [-0.2, 0) is 6.54 Å². The van der Waals surface area contributed by atoms with Gasteiger partial charge in [-0.2, -0.15) is 5.10 Å². The lowest BCUT2D eigenvalue weighted by Crippen LogP contribution is -2.17. The molecule has 0 unspecified atom stereocenters. The smallest absolute Gasteiger partial charge is 0.406 e. The summed E-state index contributed by atoms with van der Waals surface area (Å²) in [6.07, 6.45) is -1.27. The molecule has 0 atom stereocenters. The molecule has 0 saturated carbocycles. The van der Waals surface area contributed by atoms with Crippen LogP contribution in [0.3, 0.4) is 0 Å². The number of ether oxygens (including phenoxy) is 1. The summed E-state index contributed by atoms with van der Waals surface area (Å²) in [4.78, 5) is 0. The van der Waals surface area contributed by atoms with Crippen LogP contribution in [0.1, 0.15) is 5.56 Å². The Morgan fingerprint density at radius 2 is 2.00 bits per heavy atom. The van der Waals surface area contributed by atoms with Crippen LogP contribution in [-0.4, -0.2) is 31.6 Å². The number of aromatic amines is 1. The molecule has 0 aliphatic heterocycles. The Hall–Kier alpha value is -3.36. The quantitative estimate of drug-likeness (QED) is 0.602. The Morgan fingerprint density at radius 3 is 2.85 bits per heavy atom. The number of hydrogen-bond donors (Lipinski definition) is 1. The van der Waals surface area contributed by atoms with Crippen molar-refractivity contribution in [3.05, 3.63) is 60.4 Å². The van der Waals surface area contributed by atoms with Crippen LogP contribution in [0.15, 0.2) is 54.9 Å². The van der Waals surface area contributed by atoms with Crippen molar-refractivity contribution in [1.82, 2.24) is 25.2 Å². The fourth-order valence-corrected chi connectivity index (χ4v) is 2.64. The van der Waals surface area contributed by atoms with Crippen LogP contribution in [0, 0.1) is 0 Å². The number of aromatic nitrogens is 5. The summed E-state index contributed by atoms with van der Waals surface area (Å²) in [5.41, 5.74) is 3.08.